The smallest absolute Gasteiger partial charge is 0.0997 e. The average molecular weight is 449 g/mol. The molecule has 0 saturated carbocycles. The lowest BCUT2D eigenvalue weighted by molar-refractivity contribution is 1.06. The van der Waals surface area contributed by atoms with Crippen molar-refractivity contribution in [3.05, 3.63) is 108 Å². The van der Waals surface area contributed by atoms with Gasteiger partial charge in [0, 0.05) is 15.7 Å². The Kier molecular flexibility index (Phi) is 3.96. The Balaban J connectivity index is 1.77. The van der Waals surface area contributed by atoms with Gasteiger partial charge < -0.3 is 0 Å². The van der Waals surface area contributed by atoms with E-state index in [1.165, 1.54) is 37.9 Å². The number of fused-ring (bicyclic) bond motifs is 5. The predicted octanol–water partition coefficient (Wildman–Crippen LogP) is 7.76. The van der Waals surface area contributed by atoms with Gasteiger partial charge in [-0.15, -0.1) is 0 Å². The molecule has 3 heteroatoms. The van der Waals surface area contributed by atoms with E-state index in [9.17, 15) is 0 Å². The number of hydrogen-bond donors (Lipinski definition) is 0. The molecule has 0 amide bonds. The molecule has 30 heavy (non-hydrogen) atoms. The number of hydrogen-bond acceptors (Lipinski definition) is 1. The minimum atomic E-state index is 1.08. The Hall–Kier alpha value is -3.43. The molecule has 1 aromatic heterocycles. The summed E-state index contributed by atoms with van der Waals surface area (Å²) in [5.41, 5.74) is 3.37. The van der Waals surface area contributed by atoms with E-state index in [1.54, 1.807) is 0 Å². The lowest BCUT2D eigenvalue weighted by Gasteiger charge is -2.15. The molecule has 1 heterocycles. The zero-order valence-corrected chi connectivity index (χ0v) is 17.7. The maximum atomic E-state index is 4.50. The van der Waals surface area contributed by atoms with Crippen molar-refractivity contribution in [3.63, 3.8) is 0 Å². The van der Waals surface area contributed by atoms with Crippen LogP contribution in [-0.2, 0) is 0 Å². The highest BCUT2D eigenvalue weighted by Crippen LogP contribution is 2.39. The van der Waals surface area contributed by atoms with Crippen LogP contribution in [0.1, 0.15) is 0 Å². The van der Waals surface area contributed by atoms with Crippen molar-refractivity contribution in [2.45, 2.75) is 0 Å². The van der Waals surface area contributed by atoms with Gasteiger partial charge in [-0.25, -0.2) is 4.98 Å². The van der Waals surface area contributed by atoms with Crippen molar-refractivity contribution in [2.75, 3.05) is 0 Å². The van der Waals surface area contributed by atoms with Crippen LogP contribution in [0.5, 0.6) is 0 Å². The van der Waals surface area contributed by atoms with E-state index in [0.717, 1.165) is 15.9 Å². The van der Waals surface area contributed by atoms with Crippen LogP contribution in [-0.4, -0.2) is 9.55 Å². The first kappa shape index (κ1) is 17.4. The van der Waals surface area contributed by atoms with E-state index in [0.29, 0.717) is 0 Å². The normalized spacial score (nSPS) is 11.5. The second kappa shape index (κ2) is 6.82. The predicted molar refractivity (Wildman–Crippen MR) is 129 cm³/mol. The van der Waals surface area contributed by atoms with E-state index >= 15 is 0 Å². The maximum Gasteiger partial charge on any atom is 0.0997 e. The molecule has 0 fully saturated rings. The summed E-state index contributed by atoms with van der Waals surface area (Å²) in [5.74, 6) is 0. The number of imidazole rings is 1. The van der Waals surface area contributed by atoms with Crippen LogP contribution in [0, 0.1) is 0 Å². The van der Waals surface area contributed by atoms with Crippen molar-refractivity contribution in [1.82, 2.24) is 9.55 Å². The highest BCUT2D eigenvalue weighted by Gasteiger charge is 2.15. The first-order chi connectivity index (χ1) is 14.8. The van der Waals surface area contributed by atoms with Gasteiger partial charge in [-0.05, 0) is 62.6 Å². The third-order valence-corrected chi connectivity index (χ3v) is 6.26. The maximum absolute atomic E-state index is 4.50. The zero-order valence-electron chi connectivity index (χ0n) is 16.1. The second-order valence-corrected chi connectivity index (χ2v) is 8.40. The first-order valence-electron chi connectivity index (χ1n) is 9.91. The SMILES string of the molecule is Brc1ccc2c(-c3cncn3-c3ccccc3)cc3c4ccccc4ccc3c2c1. The van der Waals surface area contributed by atoms with Crippen LogP contribution in [0.15, 0.2) is 108 Å². The van der Waals surface area contributed by atoms with E-state index in [2.05, 4.69) is 110 Å². The summed E-state index contributed by atoms with van der Waals surface area (Å²) in [5, 5.41) is 7.50. The summed E-state index contributed by atoms with van der Waals surface area (Å²) in [6.07, 6.45) is 3.85. The zero-order chi connectivity index (χ0) is 20.1. The molecule has 0 aliphatic carbocycles. The van der Waals surface area contributed by atoms with Crippen LogP contribution >= 0.6 is 15.9 Å². The highest BCUT2D eigenvalue weighted by molar-refractivity contribution is 9.10. The molecule has 2 nitrogen and oxygen atoms in total. The molecule has 0 radical (unpaired) electrons. The van der Waals surface area contributed by atoms with Crippen molar-refractivity contribution in [2.24, 2.45) is 0 Å². The standard InChI is InChI=1S/C27H17BrN2/c28-19-11-13-23-24(14-19)22-12-10-18-6-4-5-9-21(18)25(22)15-26(23)27-16-29-17-30(27)20-7-2-1-3-8-20/h1-17H. The Morgan fingerprint density at radius 3 is 2.30 bits per heavy atom. The fraction of sp³-hybridized carbons (Fsp3) is 0. The fourth-order valence-electron chi connectivity index (χ4n) is 4.38. The summed E-state index contributed by atoms with van der Waals surface area (Å²) in [6, 6.07) is 32.3. The molecule has 142 valence electrons. The molecule has 0 spiro atoms. The monoisotopic (exact) mass is 448 g/mol. The van der Waals surface area contributed by atoms with Crippen LogP contribution in [0.2, 0.25) is 0 Å². The third-order valence-electron chi connectivity index (χ3n) is 5.77. The molecule has 0 bridgehead atoms. The van der Waals surface area contributed by atoms with E-state index in [1.807, 2.05) is 18.6 Å². The molecule has 0 aliphatic rings. The Labute approximate surface area is 182 Å². The average Bonchev–Trinajstić information content (AvgIpc) is 3.28. The van der Waals surface area contributed by atoms with Gasteiger partial charge in [0.25, 0.3) is 0 Å². The second-order valence-electron chi connectivity index (χ2n) is 7.48. The molecule has 0 unspecified atom stereocenters. The molecule has 6 aromatic rings. The van der Waals surface area contributed by atoms with Gasteiger partial charge in [0.2, 0.25) is 0 Å². The van der Waals surface area contributed by atoms with Gasteiger partial charge in [0.05, 0.1) is 18.2 Å². The molecular weight excluding hydrogens is 432 g/mol. The van der Waals surface area contributed by atoms with Gasteiger partial charge in [-0.3, -0.25) is 4.57 Å². The van der Waals surface area contributed by atoms with Gasteiger partial charge >= 0.3 is 0 Å². The molecule has 0 atom stereocenters. The van der Waals surface area contributed by atoms with E-state index in [4.69, 9.17) is 0 Å². The minimum Gasteiger partial charge on any atom is -0.299 e. The lowest BCUT2D eigenvalue weighted by atomic mass is 9.92. The van der Waals surface area contributed by atoms with Gasteiger partial charge in [-0.2, -0.15) is 0 Å². The van der Waals surface area contributed by atoms with E-state index in [-0.39, 0.29) is 0 Å². The number of para-hydroxylation sites is 1. The number of halogens is 1. The Bertz CT molecular complexity index is 1550. The Morgan fingerprint density at radius 2 is 1.40 bits per heavy atom. The molecule has 0 N–H and O–H groups in total. The largest absolute Gasteiger partial charge is 0.299 e. The fourth-order valence-corrected chi connectivity index (χ4v) is 4.74. The van der Waals surface area contributed by atoms with Crippen molar-refractivity contribution < 1.29 is 0 Å². The van der Waals surface area contributed by atoms with Crippen LogP contribution < -0.4 is 0 Å². The summed E-state index contributed by atoms with van der Waals surface area (Å²) in [7, 11) is 0. The van der Waals surface area contributed by atoms with Gasteiger partial charge in [0.15, 0.2) is 0 Å². The highest BCUT2D eigenvalue weighted by atomic mass is 79.9. The minimum absolute atomic E-state index is 1.08. The molecule has 5 aromatic carbocycles. The van der Waals surface area contributed by atoms with Crippen molar-refractivity contribution in [3.8, 4) is 16.9 Å². The summed E-state index contributed by atoms with van der Waals surface area (Å²) < 4.78 is 3.24. The van der Waals surface area contributed by atoms with Crippen LogP contribution in [0.25, 0.3) is 49.3 Å². The van der Waals surface area contributed by atoms with Crippen LogP contribution in [0.3, 0.4) is 0 Å². The van der Waals surface area contributed by atoms with Crippen molar-refractivity contribution in [1.29, 1.82) is 0 Å². The summed E-state index contributed by atoms with van der Waals surface area (Å²) in [4.78, 5) is 4.50. The molecule has 6 rings (SSSR count). The molecular formula is C27H17BrN2. The summed E-state index contributed by atoms with van der Waals surface area (Å²) >= 11 is 3.67. The number of benzene rings is 5. The van der Waals surface area contributed by atoms with Gasteiger partial charge in [-0.1, -0.05) is 76.6 Å². The lowest BCUT2D eigenvalue weighted by Crippen LogP contribution is -1.96. The molecule has 0 aliphatic heterocycles. The Morgan fingerprint density at radius 1 is 0.633 bits per heavy atom. The number of aromatic nitrogens is 2. The number of rotatable bonds is 2. The van der Waals surface area contributed by atoms with Gasteiger partial charge in [0.1, 0.15) is 0 Å². The topological polar surface area (TPSA) is 17.8 Å². The number of nitrogens with zero attached hydrogens (tertiary/aromatic N) is 2. The first-order valence-corrected chi connectivity index (χ1v) is 10.7. The van der Waals surface area contributed by atoms with Crippen molar-refractivity contribution >= 4 is 48.2 Å². The van der Waals surface area contributed by atoms with E-state index < -0.39 is 0 Å². The molecule has 0 saturated heterocycles. The van der Waals surface area contributed by atoms with Crippen LogP contribution in [0.4, 0.5) is 0 Å². The summed E-state index contributed by atoms with van der Waals surface area (Å²) in [6.45, 7) is 0. The third kappa shape index (κ3) is 2.66. The quantitative estimate of drug-likeness (QED) is 0.247.